The molecule has 0 unspecified atom stereocenters. The third-order valence-corrected chi connectivity index (χ3v) is 4.93. The van der Waals surface area contributed by atoms with E-state index in [0.717, 1.165) is 12.1 Å². The molecule has 0 saturated heterocycles. The molecule has 1 amide bonds. The highest BCUT2D eigenvalue weighted by Gasteiger charge is 2.31. The van der Waals surface area contributed by atoms with E-state index in [9.17, 15) is 18.0 Å². The van der Waals surface area contributed by atoms with E-state index < -0.39 is 17.6 Å². The van der Waals surface area contributed by atoms with Crippen LogP contribution in [0.5, 0.6) is 0 Å². The minimum absolute atomic E-state index is 0.149. The van der Waals surface area contributed by atoms with Crippen LogP contribution in [0.3, 0.4) is 0 Å². The predicted molar refractivity (Wildman–Crippen MR) is 107 cm³/mol. The number of benzene rings is 2. The molecule has 0 fully saturated rings. The van der Waals surface area contributed by atoms with E-state index >= 15 is 0 Å². The highest BCUT2D eigenvalue weighted by atomic mass is 32.1. The molecule has 30 heavy (non-hydrogen) atoms. The van der Waals surface area contributed by atoms with Gasteiger partial charge < -0.3 is 0 Å². The zero-order chi connectivity index (χ0) is 21.1. The number of carbonyl (C=O) groups excluding carboxylic acids is 1. The molecule has 2 heterocycles. The van der Waals surface area contributed by atoms with Gasteiger partial charge in [-0.1, -0.05) is 30.3 Å². The lowest BCUT2D eigenvalue weighted by Gasteiger charge is -2.09. The van der Waals surface area contributed by atoms with Crippen LogP contribution in [0.15, 0.2) is 72.1 Å². The second-order valence-electron chi connectivity index (χ2n) is 6.14. The van der Waals surface area contributed by atoms with Crippen LogP contribution in [0.1, 0.15) is 16.2 Å². The van der Waals surface area contributed by atoms with Gasteiger partial charge in [-0.25, -0.2) is 9.67 Å². The summed E-state index contributed by atoms with van der Waals surface area (Å²) in [6.07, 6.45) is -4.50. The first-order valence-electron chi connectivity index (χ1n) is 8.72. The fraction of sp³-hybridized carbons (Fsp3) is 0.0500. The van der Waals surface area contributed by atoms with Gasteiger partial charge >= 0.3 is 12.1 Å². The minimum atomic E-state index is -4.50. The number of para-hydroxylation sites is 1. The number of anilines is 1. The van der Waals surface area contributed by atoms with Gasteiger partial charge in [0.2, 0.25) is 5.82 Å². The number of alkyl halides is 3. The number of rotatable bonds is 5. The number of hydrogen-bond donors (Lipinski definition) is 2. The van der Waals surface area contributed by atoms with Crippen molar-refractivity contribution in [2.45, 2.75) is 6.18 Å². The molecule has 2 N–H and O–H groups in total. The summed E-state index contributed by atoms with van der Waals surface area (Å²) in [5.41, 5.74) is 5.21. The lowest BCUT2D eigenvalue weighted by molar-refractivity contribution is -0.137. The van der Waals surface area contributed by atoms with Crippen molar-refractivity contribution in [3.8, 4) is 16.4 Å². The average molecular weight is 429 g/mol. The van der Waals surface area contributed by atoms with Gasteiger partial charge in [-0.15, -0.1) is 16.4 Å². The summed E-state index contributed by atoms with van der Waals surface area (Å²) >= 11 is 1.34. The standard InChI is InChI=1S/C20H14F3N5OS/c21-20(22,23)13-6-4-9-15(12-13)28-18(16-10-5-11-30-16)24-17(27-28)19(29)26-25-14-7-2-1-3-8-14/h1-12,25H,(H,26,29). The maximum absolute atomic E-state index is 13.1. The quantitative estimate of drug-likeness (QED) is 0.448. The molecular formula is C20H14F3N5OS. The number of carbonyl (C=O) groups is 1. The van der Waals surface area contributed by atoms with E-state index in [1.54, 1.807) is 41.8 Å². The summed E-state index contributed by atoms with van der Waals surface area (Å²) in [5, 5.41) is 5.97. The molecule has 0 aliphatic heterocycles. The zero-order valence-corrected chi connectivity index (χ0v) is 16.0. The van der Waals surface area contributed by atoms with E-state index in [2.05, 4.69) is 20.9 Å². The van der Waals surface area contributed by atoms with Crippen LogP contribution in [-0.4, -0.2) is 20.7 Å². The van der Waals surface area contributed by atoms with E-state index in [1.165, 1.54) is 28.2 Å². The van der Waals surface area contributed by atoms with Crippen LogP contribution < -0.4 is 10.9 Å². The summed E-state index contributed by atoms with van der Waals surface area (Å²) in [6, 6.07) is 17.2. The molecular weight excluding hydrogens is 415 g/mol. The molecule has 0 radical (unpaired) electrons. The molecule has 0 aliphatic rings. The van der Waals surface area contributed by atoms with Gasteiger partial charge in [0.15, 0.2) is 5.82 Å². The van der Waals surface area contributed by atoms with Crippen molar-refractivity contribution in [3.63, 3.8) is 0 Å². The maximum Gasteiger partial charge on any atom is 0.416 e. The van der Waals surface area contributed by atoms with Crippen molar-refractivity contribution in [3.05, 3.63) is 83.5 Å². The van der Waals surface area contributed by atoms with Crippen molar-refractivity contribution in [2.75, 3.05) is 5.43 Å². The van der Waals surface area contributed by atoms with Crippen LogP contribution in [0, 0.1) is 0 Å². The number of thiophene rings is 1. The van der Waals surface area contributed by atoms with Crippen molar-refractivity contribution in [1.29, 1.82) is 0 Å². The Morgan fingerprint density at radius 3 is 2.50 bits per heavy atom. The molecule has 0 aliphatic carbocycles. The van der Waals surface area contributed by atoms with Crippen LogP contribution in [0.4, 0.5) is 18.9 Å². The third-order valence-electron chi connectivity index (χ3n) is 4.06. The fourth-order valence-corrected chi connectivity index (χ4v) is 3.37. The molecule has 0 atom stereocenters. The lowest BCUT2D eigenvalue weighted by Crippen LogP contribution is -2.30. The van der Waals surface area contributed by atoms with Gasteiger partial charge in [-0.2, -0.15) is 13.2 Å². The molecule has 10 heteroatoms. The molecule has 4 rings (SSSR count). The Morgan fingerprint density at radius 1 is 1.00 bits per heavy atom. The number of amides is 1. The summed E-state index contributed by atoms with van der Waals surface area (Å²) in [5.74, 6) is -0.532. The summed E-state index contributed by atoms with van der Waals surface area (Å²) in [4.78, 5) is 17.4. The largest absolute Gasteiger partial charge is 0.416 e. The average Bonchev–Trinajstić information content (AvgIpc) is 3.42. The number of hydrazine groups is 1. The lowest BCUT2D eigenvalue weighted by atomic mass is 10.2. The highest BCUT2D eigenvalue weighted by Crippen LogP contribution is 2.32. The molecule has 2 aromatic heterocycles. The summed E-state index contributed by atoms with van der Waals surface area (Å²) in [6.45, 7) is 0. The monoisotopic (exact) mass is 429 g/mol. The van der Waals surface area contributed by atoms with Crippen molar-refractivity contribution in [1.82, 2.24) is 20.2 Å². The fourth-order valence-electron chi connectivity index (χ4n) is 2.67. The van der Waals surface area contributed by atoms with E-state index in [1.807, 2.05) is 6.07 Å². The van der Waals surface area contributed by atoms with Crippen molar-refractivity contribution < 1.29 is 18.0 Å². The van der Waals surface area contributed by atoms with Crippen LogP contribution in [-0.2, 0) is 6.18 Å². The topological polar surface area (TPSA) is 71.8 Å². The molecule has 6 nitrogen and oxygen atoms in total. The number of halogens is 3. The molecule has 0 spiro atoms. The van der Waals surface area contributed by atoms with Crippen LogP contribution >= 0.6 is 11.3 Å². The Bertz CT molecular complexity index is 1160. The number of nitrogens with zero attached hydrogens (tertiary/aromatic N) is 3. The molecule has 0 saturated carbocycles. The Morgan fingerprint density at radius 2 is 1.80 bits per heavy atom. The number of hydrogen-bond acceptors (Lipinski definition) is 5. The maximum atomic E-state index is 13.1. The Kier molecular flexibility index (Phi) is 5.23. The van der Waals surface area contributed by atoms with Gasteiger partial charge in [0.05, 0.1) is 21.8 Å². The number of nitrogens with one attached hydrogen (secondary N) is 2. The molecule has 152 valence electrons. The van der Waals surface area contributed by atoms with Crippen LogP contribution in [0.2, 0.25) is 0 Å². The van der Waals surface area contributed by atoms with E-state index in [4.69, 9.17) is 0 Å². The molecule has 4 aromatic rings. The van der Waals surface area contributed by atoms with Crippen molar-refractivity contribution >= 4 is 22.9 Å². The van der Waals surface area contributed by atoms with Gasteiger partial charge in [-0.05, 0) is 41.8 Å². The molecule has 2 aromatic carbocycles. The molecule has 0 bridgehead atoms. The Balaban J connectivity index is 1.68. The summed E-state index contributed by atoms with van der Waals surface area (Å²) in [7, 11) is 0. The second kappa shape index (κ2) is 7.99. The van der Waals surface area contributed by atoms with Gasteiger partial charge in [-0.3, -0.25) is 15.6 Å². The second-order valence-corrected chi connectivity index (χ2v) is 7.09. The minimum Gasteiger partial charge on any atom is -0.298 e. The van der Waals surface area contributed by atoms with E-state index in [-0.39, 0.29) is 17.3 Å². The zero-order valence-electron chi connectivity index (χ0n) is 15.2. The normalized spacial score (nSPS) is 11.3. The SMILES string of the molecule is O=C(NNc1ccccc1)c1nc(-c2cccs2)n(-c2cccc(C(F)(F)F)c2)n1. The first-order valence-corrected chi connectivity index (χ1v) is 9.60. The predicted octanol–water partition coefficient (Wildman–Crippen LogP) is 4.77. The van der Waals surface area contributed by atoms with E-state index in [0.29, 0.717) is 10.6 Å². The van der Waals surface area contributed by atoms with Gasteiger partial charge in [0, 0.05) is 0 Å². The number of aromatic nitrogens is 3. The van der Waals surface area contributed by atoms with Gasteiger partial charge in [0.25, 0.3) is 0 Å². The Hall–Kier alpha value is -3.66. The highest BCUT2D eigenvalue weighted by molar-refractivity contribution is 7.13. The third kappa shape index (κ3) is 4.18. The van der Waals surface area contributed by atoms with Gasteiger partial charge in [0.1, 0.15) is 0 Å². The van der Waals surface area contributed by atoms with Crippen LogP contribution in [0.25, 0.3) is 16.4 Å². The summed E-state index contributed by atoms with van der Waals surface area (Å²) < 4.78 is 40.6. The first kappa shape index (κ1) is 19.6. The smallest absolute Gasteiger partial charge is 0.298 e. The Labute approximate surface area is 173 Å². The first-order chi connectivity index (χ1) is 14.4. The van der Waals surface area contributed by atoms with Crippen molar-refractivity contribution in [2.24, 2.45) is 0 Å².